The molecule has 0 radical (unpaired) electrons. The number of hydrogen-bond acceptors (Lipinski definition) is 5. The predicted octanol–water partition coefficient (Wildman–Crippen LogP) is 6.67. The largest absolute Gasteiger partial charge is 0.490 e. The highest BCUT2D eigenvalue weighted by Crippen LogP contribution is 2.38. The number of aryl methyl sites for hydroxylation is 3. The highest BCUT2D eigenvalue weighted by Gasteiger charge is 2.37. The van der Waals surface area contributed by atoms with Gasteiger partial charge in [-0.05, 0) is 102 Å². The third-order valence-corrected chi connectivity index (χ3v) is 7.11. The van der Waals surface area contributed by atoms with Crippen LogP contribution in [0, 0.1) is 20.8 Å². The van der Waals surface area contributed by atoms with E-state index in [2.05, 4.69) is 34.2 Å². The van der Waals surface area contributed by atoms with Crippen LogP contribution in [0.3, 0.4) is 0 Å². The van der Waals surface area contributed by atoms with E-state index < -0.39 is 17.8 Å². The number of anilines is 1. The van der Waals surface area contributed by atoms with Gasteiger partial charge in [-0.1, -0.05) is 35.9 Å². The monoisotopic (exact) mass is 596 g/mol. The molecule has 4 rings (SSSR count). The van der Waals surface area contributed by atoms with Gasteiger partial charge in [0.2, 0.25) is 0 Å². The number of nitrogens with one attached hydrogen (secondary N) is 1. The topological polar surface area (TPSA) is 84.9 Å². The summed E-state index contributed by atoms with van der Waals surface area (Å²) >= 11 is 9.74. The standard InChI is InChI=1S/C29H26BrClN2O5/c1-5-37-25-13-20(12-23(30)26(25)38-15-19-8-6-16(2)18(4)10-19)11-22-27(34)32-29(36)33(28(22)35)21-9-7-17(3)24(31)14-21/h6-14H,5,15H2,1-4H3,(H,32,34,36)/b22-11+. The molecule has 38 heavy (non-hydrogen) atoms. The SMILES string of the molecule is CCOc1cc(/C=C2\C(=O)NC(=O)N(c3ccc(C)c(Cl)c3)C2=O)cc(Br)c1OCc1ccc(C)c(C)c1. The Kier molecular flexibility index (Phi) is 8.23. The van der Waals surface area contributed by atoms with Gasteiger partial charge in [0.25, 0.3) is 11.8 Å². The van der Waals surface area contributed by atoms with Crippen molar-refractivity contribution in [3.8, 4) is 11.5 Å². The van der Waals surface area contributed by atoms with E-state index in [1.807, 2.05) is 32.9 Å². The fraction of sp³-hybridized carbons (Fsp3) is 0.207. The van der Waals surface area contributed by atoms with Gasteiger partial charge < -0.3 is 9.47 Å². The molecule has 1 saturated heterocycles. The maximum absolute atomic E-state index is 13.3. The van der Waals surface area contributed by atoms with Gasteiger partial charge in [-0.2, -0.15) is 0 Å². The smallest absolute Gasteiger partial charge is 0.335 e. The molecule has 7 nitrogen and oxygen atoms in total. The Balaban J connectivity index is 1.66. The second kappa shape index (κ2) is 11.4. The minimum absolute atomic E-state index is 0.209. The molecule has 0 aromatic heterocycles. The van der Waals surface area contributed by atoms with Gasteiger partial charge in [-0.3, -0.25) is 14.9 Å². The molecular weight excluding hydrogens is 572 g/mol. The van der Waals surface area contributed by atoms with Gasteiger partial charge in [0.1, 0.15) is 12.2 Å². The second-order valence-electron chi connectivity index (χ2n) is 8.86. The summed E-state index contributed by atoms with van der Waals surface area (Å²) in [4.78, 5) is 39.4. The molecule has 3 aromatic rings. The summed E-state index contributed by atoms with van der Waals surface area (Å²) in [6.45, 7) is 8.47. The van der Waals surface area contributed by atoms with E-state index in [4.69, 9.17) is 21.1 Å². The lowest BCUT2D eigenvalue weighted by molar-refractivity contribution is -0.122. The van der Waals surface area contributed by atoms with E-state index in [0.29, 0.717) is 39.8 Å². The van der Waals surface area contributed by atoms with Gasteiger partial charge in [0.15, 0.2) is 11.5 Å². The van der Waals surface area contributed by atoms with Crippen LogP contribution in [0.4, 0.5) is 10.5 Å². The molecular formula is C29H26BrClN2O5. The number of hydrogen-bond donors (Lipinski definition) is 1. The molecule has 1 aliphatic rings. The Hall–Kier alpha value is -3.62. The van der Waals surface area contributed by atoms with Crippen LogP contribution < -0.4 is 19.7 Å². The number of ether oxygens (including phenoxy) is 2. The minimum Gasteiger partial charge on any atom is -0.490 e. The first-order valence-corrected chi connectivity index (χ1v) is 13.1. The molecule has 0 spiro atoms. The zero-order valence-corrected chi connectivity index (χ0v) is 23.7. The van der Waals surface area contributed by atoms with Crippen LogP contribution in [0.5, 0.6) is 11.5 Å². The first-order valence-electron chi connectivity index (χ1n) is 11.9. The molecule has 0 saturated carbocycles. The van der Waals surface area contributed by atoms with E-state index >= 15 is 0 Å². The van der Waals surface area contributed by atoms with Crippen molar-refractivity contribution in [2.75, 3.05) is 11.5 Å². The lowest BCUT2D eigenvalue weighted by Crippen LogP contribution is -2.54. The van der Waals surface area contributed by atoms with Crippen LogP contribution in [0.2, 0.25) is 5.02 Å². The Morgan fingerprint density at radius 2 is 1.68 bits per heavy atom. The summed E-state index contributed by atoms with van der Waals surface area (Å²) in [5.74, 6) is -0.612. The van der Waals surface area contributed by atoms with Crippen molar-refractivity contribution in [3.05, 3.63) is 91.4 Å². The Bertz CT molecular complexity index is 1480. The highest BCUT2D eigenvalue weighted by molar-refractivity contribution is 9.10. The van der Waals surface area contributed by atoms with Crippen molar-refractivity contribution in [2.45, 2.75) is 34.3 Å². The van der Waals surface area contributed by atoms with Gasteiger partial charge >= 0.3 is 6.03 Å². The van der Waals surface area contributed by atoms with E-state index in [1.54, 1.807) is 24.3 Å². The normalized spacial score (nSPS) is 14.6. The summed E-state index contributed by atoms with van der Waals surface area (Å²) in [6, 6.07) is 13.5. The number of benzene rings is 3. The van der Waals surface area contributed by atoms with Crippen LogP contribution in [0.1, 0.15) is 34.7 Å². The summed E-state index contributed by atoms with van der Waals surface area (Å²) in [6.07, 6.45) is 1.41. The fourth-order valence-electron chi connectivity index (χ4n) is 3.90. The molecule has 0 atom stereocenters. The Morgan fingerprint density at radius 3 is 2.37 bits per heavy atom. The van der Waals surface area contributed by atoms with Crippen molar-refractivity contribution < 1.29 is 23.9 Å². The van der Waals surface area contributed by atoms with E-state index in [0.717, 1.165) is 16.0 Å². The van der Waals surface area contributed by atoms with Crippen LogP contribution >= 0.6 is 27.5 Å². The molecule has 0 unspecified atom stereocenters. The van der Waals surface area contributed by atoms with Crippen LogP contribution in [0.15, 0.2) is 58.6 Å². The van der Waals surface area contributed by atoms with E-state index in [1.165, 1.54) is 23.3 Å². The van der Waals surface area contributed by atoms with Crippen molar-refractivity contribution in [2.24, 2.45) is 0 Å². The maximum atomic E-state index is 13.3. The highest BCUT2D eigenvalue weighted by atomic mass is 79.9. The average molecular weight is 598 g/mol. The predicted molar refractivity (Wildman–Crippen MR) is 151 cm³/mol. The van der Waals surface area contributed by atoms with Crippen molar-refractivity contribution >= 4 is 57.1 Å². The van der Waals surface area contributed by atoms with Crippen LogP contribution in [-0.2, 0) is 16.2 Å². The molecule has 0 aliphatic carbocycles. The molecule has 0 bridgehead atoms. The molecule has 1 fully saturated rings. The molecule has 1 heterocycles. The average Bonchev–Trinajstić information content (AvgIpc) is 2.85. The summed E-state index contributed by atoms with van der Waals surface area (Å²) in [7, 11) is 0. The maximum Gasteiger partial charge on any atom is 0.335 e. The molecule has 1 aliphatic heterocycles. The quantitative estimate of drug-likeness (QED) is 0.243. The lowest BCUT2D eigenvalue weighted by Gasteiger charge is -2.26. The molecule has 1 N–H and O–H groups in total. The third-order valence-electron chi connectivity index (χ3n) is 6.11. The number of imide groups is 2. The Morgan fingerprint density at radius 1 is 0.947 bits per heavy atom. The minimum atomic E-state index is -0.844. The first kappa shape index (κ1) is 27.4. The van der Waals surface area contributed by atoms with Crippen LogP contribution in [-0.4, -0.2) is 24.5 Å². The third kappa shape index (κ3) is 5.76. The second-order valence-corrected chi connectivity index (χ2v) is 10.1. The zero-order valence-electron chi connectivity index (χ0n) is 21.4. The van der Waals surface area contributed by atoms with Crippen molar-refractivity contribution in [1.82, 2.24) is 5.32 Å². The van der Waals surface area contributed by atoms with E-state index in [9.17, 15) is 14.4 Å². The Labute approximate surface area is 234 Å². The number of nitrogens with zero attached hydrogens (tertiary/aromatic N) is 1. The summed E-state index contributed by atoms with van der Waals surface area (Å²) in [5.41, 5.74) is 4.74. The van der Waals surface area contributed by atoms with E-state index in [-0.39, 0.29) is 11.3 Å². The number of urea groups is 1. The van der Waals surface area contributed by atoms with Gasteiger partial charge in [0.05, 0.1) is 16.8 Å². The van der Waals surface area contributed by atoms with Gasteiger partial charge in [-0.15, -0.1) is 0 Å². The number of halogens is 2. The van der Waals surface area contributed by atoms with Crippen LogP contribution in [0.25, 0.3) is 6.08 Å². The number of barbiturate groups is 1. The molecule has 196 valence electrons. The summed E-state index contributed by atoms with van der Waals surface area (Å²) in [5, 5.41) is 2.62. The fourth-order valence-corrected chi connectivity index (χ4v) is 4.65. The van der Waals surface area contributed by atoms with Crippen molar-refractivity contribution in [3.63, 3.8) is 0 Å². The molecule has 4 amide bonds. The lowest BCUT2D eigenvalue weighted by atomic mass is 10.1. The number of carbonyl (C=O) groups excluding carboxylic acids is 3. The molecule has 9 heteroatoms. The van der Waals surface area contributed by atoms with Gasteiger partial charge in [0, 0.05) is 5.02 Å². The summed E-state index contributed by atoms with van der Waals surface area (Å²) < 4.78 is 12.5. The van der Waals surface area contributed by atoms with Gasteiger partial charge in [-0.25, -0.2) is 9.69 Å². The number of amides is 4. The zero-order chi connectivity index (χ0) is 27.6. The number of rotatable bonds is 7. The molecule has 3 aromatic carbocycles. The van der Waals surface area contributed by atoms with Crippen molar-refractivity contribution in [1.29, 1.82) is 0 Å². The first-order chi connectivity index (χ1) is 18.1. The number of carbonyl (C=O) groups is 3.